The molecule has 0 bridgehead atoms. The molecule has 2 aromatic carbocycles. The molecule has 0 radical (unpaired) electrons. The van der Waals surface area contributed by atoms with Crippen LogP contribution in [-0.4, -0.2) is 38.7 Å². The number of halogens is 1. The van der Waals surface area contributed by atoms with Gasteiger partial charge in [-0.15, -0.1) is 0 Å². The van der Waals surface area contributed by atoms with E-state index in [-0.39, 0.29) is 5.92 Å². The summed E-state index contributed by atoms with van der Waals surface area (Å²) in [6, 6.07) is 13.0. The highest BCUT2D eigenvalue weighted by molar-refractivity contribution is 6.49. The second-order valence-corrected chi connectivity index (χ2v) is 10.8. The summed E-state index contributed by atoms with van der Waals surface area (Å²) in [7, 11) is 1.83. The third kappa shape index (κ3) is 6.45. The Balaban J connectivity index is 1.90. The van der Waals surface area contributed by atoms with Crippen LogP contribution in [0.2, 0.25) is 0 Å². The normalized spacial score (nSPS) is 13.5. The van der Waals surface area contributed by atoms with Gasteiger partial charge in [0, 0.05) is 54.0 Å². The number of aryl methyl sites for hydroxylation is 2. The Morgan fingerprint density at radius 3 is 2.59 bits per heavy atom. The van der Waals surface area contributed by atoms with Gasteiger partial charge >= 0.3 is 5.84 Å². The molecule has 1 aliphatic heterocycles. The lowest BCUT2D eigenvalue weighted by Gasteiger charge is -2.16. The number of amidine groups is 1. The van der Waals surface area contributed by atoms with Crippen molar-refractivity contribution < 1.29 is 0 Å². The Morgan fingerprint density at radius 1 is 1.21 bits per heavy atom. The smallest absolute Gasteiger partial charge is 0.372 e. The average Bonchev–Trinajstić information content (AvgIpc) is 3.59. The maximum absolute atomic E-state index is 6.62. The van der Waals surface area contributed by atoms with Gasteiger partial charge in [-0.25, -0.2) is 15.4 Å². The molecule has 5 N–H and O–H groups in total. The topological polar surface area (TPSA) is 101 Å². The molecular formula is C31H39ClN7+. The largest absolute Gasteiger partial charge is 0.403 e. The maximum Gasteiger partial charge on any atom is 0.372 e. The van der Waals surface area contributed by atoms with E-state index in [1.54, 1.807) is 11.2 Å². The third-order valence-corrected chi connectivity index (χ3v) is 7.46. The van der Waals surface area contributed by atoms with E-state index >= 15 is 0 Å². The van der Waals surface area contributed by atoms with Gasteiger partial charge in [-0.2, -0.15) is 5.10 Å². The number of fused-ring (bicyclic) bond motifs is 1. The fourth-order valence-electron chi connectivity index (χ4n) is 4.98. The fourth-order valence-corrected chi connectivity index (χ4v) is 5.22. The van der Waals surface area contributed by atoms with Crippen molar-refractivity contribution in [2.45, 2.75) is 53.6 Å². The van der Waals surface area contributed by atoms with Gasteiger partial charge in [0.05, 0.1) is 23.0 Å². The summed E-state index contributed by atoms with van der Waals surface area (Å²) in [6.45, 7) is 10.2. The van der Waals surface area contributed by atoms with Crippen LogP contribution in [0.15, 0.2) is 61.1 Å². The first-order valence-corrected chi connectivity index (χ1v) is 13.7. The highest BCUT2D eigenvalue weighted by Gasteiger charge is 2.30. The van der Waals surface area contributed by atoms with Gasteiger partial charge in [0.15, 0.2) is 5.71 Å². The van der Waals surface area contributed by atoms with Crippen LogP contribution in [0.1, 0.15) is 59.7 Å². The summed E-state index contributed by atoms with van der Waals surface area (Å²) >= 11 is 6.62. The zero-order valence-electron chi connectivity index (χ0n) is 23.5. The minimum absolute atomic E-state index is 0.201. The van der Waals surface area contributed by atoms with Crippen LogP contribution in [0, 0.1) is 12.8 Å². The molecule has 0 atom stereocenters. The number of nitrogens with one attached hydrogen (secondary N) is 1. The van der Waals surface area contributed by atoms with Crippen molar-refractivity contribution in [1.29, 1.82) is 0 Å². The molecule has 3 aromatic rings. The molecule has 0 unspecified atom stereocenters. The molecule has 8 heteroatoms. The van der Waals surface area contributed by atoms with Crippen LogP contribution >= 0.6 is 11.6 Å². The van der Waals surface area contributed by atoms with Gasteiger partial charge in [-0.1, -0.05) is 74.3 Å². The number of aromatic nitrogens is 2. The van der Waals surface area contributed by atoms with Crippen LogP contribution in [-0.2, 0) is 25.9 Å². The summed E-state index contributed by atoms with van der Waals surface area (Å²) in [5, 5.41) is 9.20. The molecule has 1 aromatic heterocycles. The monoisotopic (exact) mass is 544 g/mol. The Bertz CT molecular complexity index is 1440. The van der Waals surface area contributed by atoms with Crippen LogP contribution in [0.25, 0.3) is 10.7 Å². The number of rotatable bonds is 8. The summed E-state index contributed by atoms with van der Waals surface area (Å²) in [4.78, 5) is 2.31. The van der Waals surface area contributed by atoms with Crippen molar-refractivity contribution in [3.63, 3.8) is 0 Å². The quantitative estimate of drug-likeness (QED) is 0.125. The predicted molar refractivity (Wildman–Crippen MR) is 163 cm³/mol. The van der Waals surface area contributed by atoms with Crippen LogP contribution in [0.4, 0.5) is 0 Å². The highest BCUT2D eigenvalue weighted by atomic mass is 35.5. The van der Waals surface area contributed by atoms with Gasteiger partial charge in [0.25, 0.3) is 0 Å². The lowest BCUT2D eigenvalue weighted by molar-refractivity contribution is 0.447. The molecule has 0 spiro atoms. The third-order valence-electron chi connectivity index (χ3n) is 7.15. The maximum atomic E-state index is 6.62. The molecule has 0 aliphatic carbocycles. The van der Waals surface area contributed by atoms with Crippen molar-refractivity contribution in [3.8, 4) is 0 Å². The van der Waals surface area contributed by atoms with E-state index in [9.17, 15) is 0 Å². The number of aromatic amines is 1. The summed E-state index contributed by atoms with van der Waals surface area (Å²) in [5.74, 6) is 7.36. The Labute approximate surface area is 236 Å². The fraction of sp³-hybridized carbons (Fsp3) is 0.323. The van der Waals surface area contributed by atoms with E-state index in [0.717, 1.165) is 53.4 Å². The summed E-state index contributed by atoms with van der Waals surface area (Å²) in [5.41, 5.74) is 15.8. The Kier molecular flexibility index (Phi) is 8.97. The van der Waals surface area contributed by atoms with E-state index in [2.05, 4.69) is 85.3 Å². The van der Waals surface area contributed by atoms with Crippen LogP contribution < -0.4 is 16.2 Å². The van der Waals surface area contributed by atoms with Crippen molar-refractivity contribution in [1.82, 2.24) is 24.8 Å². The number of nitrogens with zero attached hydrogens (tertiary/aromatic N) is 4. The summed E-state index contributed by atoms with van der Waals surface area (Å²) in [6.07, 6.45) is 8.66. The molecule has 2 heterocycles. The first kappa shape index (κ1) is 28.2. The van der Waals surface area contributed by atoms with Gasteiger partial charge in [-0.3, -0.25) is 5.10 Å². The Hall–Kier alpha value is -3.77. The molecule has 0 fully saturated rings. The first-order valence-electron chi connectivity index (χ1n) is 13.4. The average molecular weight is 545 g/mol. The van der Waals surface area contributed by atoms with Gasteiger partial charge in [0.1, 0.15) is 13.1 Å². The highest BCUT2D eigenvalue weighted by Crippen LogP contribution is 2.28. The lowest BCUT2D eigenvalue weighted by Crippen LogP contribution is -2.31. The molecular weight excluding hydrogens is 506 g/mol. The zero-order valence-corrected chi connectivity index (χ0v) is 24.3. The number of benzene rings is 2. The second-order valence-electron chi connectivity index (χ2n) is 10.4. The molecule has 1 aliphatic rings. The standard InChI is InChI=1S/C31H38ClN7/c1-6-22-8-7-9-23(31(22)27(32)15-33)13-28(20(2)3)37-30(14-29(38(5)34)26-16-35-36-17-26)39-18-24-11-10-21(4)12-25(24)19-39/h7-12,14-17,20H,6,13,18-19,33-34H2,1-5H3/p+1/b27-15-. The Morgan fingerprint density at radius 2 is 1.95 bits per heavy atom. The van der Waals surface area contributed by atoms with E-state index < -0.39 is 0 Å². The predicted octanol–water partition coefficient (Wildman–Crippen LogP) is 4.74. The van der Waals surface area contributed by atoms with Crippen molar-refractivity contribution in [2.24, 2.45) is 17.5 Å². The second kappa shape index (κ2) is 12.4. The molecule has 204 valence electrons. The lowest BCUT2D eigenvalue weighted by atomic mass is 9.92. The molecule has 0 amide bonds. The SMILES string of the molecule is CCc1cccc(CC(=[N+]=C(/C=C(/c2cn[nH]c2)N(C)N)N2Cc3ccc(C)cc3C2)C(C)C)c1/C(Cl)=C/N. The van der Waals surface area contributed by atoms with Crippen molar-refractivity contribution in [3.05, 3.63) is 100 Å². The molecule has 4 rings (SSSR count). The van der Waals surface area contributed by atoms with Crippen molar-refractivity contribution >= 4 is 33.9 Å². The van der Waals surface area contributed by atoms with E-state index in [1.165, 1.54) is 28.5 Å². The van der Waals surface area contributed by atoms with E-state index in [0.29, 0.717) is 11.5 Å². The number of hydrazine groups is 1. The molecule has 0 saturated carbocycles. The number of nitrogens with two attached hydrogens (primary N) is 2. The van der Waals surface area contributed by atoms with E-state index in [1.807, 2.05) is 13.2 Å². The van der Waals surface area contributed by atoms with Gasteiger partial charge in [0.2, 0.25) is 0 Å². The van der Waals surface area contributed by atoms with Gasteiger partial charge < -0.3 is 10.7 Å². The van der Waals surface area contributed by atoms with Crippen LogP contribution in [0.5, 0.6) is 0 Å². The zero-order chi connectivity index (χ0) is 28.1. The minimum Gasteiger partial charge on any atom is -0.403 e. The van der Waals surface area contributed by atoms with Crippen LogP contribution in [0.3, 0.4) is 0 Å². The molecule has 0 saturated heterocycles. The minimum atomic E-state index is 0.201. The van der Waals surface area contributed by atoms with E-state index in [4.69, 9.17) is 27.8 Å². The summed E-state index contributed by atoms with van der Waals surface area (Å²) < 4.78 is 5.35. The molecule has 39 heavy (non-hydrogen) atoms. The first-order chi connectivity index (χ1) is 18.7. The number of hydrogen-bond acceptors (Lipinski definition) is 4. The number of H-pyrrole nitrogens is 1. The molecule has 7 nitrogen and oxygen atoms in total. The van der Waals surface area contributed by atoms with Crippen molar-refractivity contribution in [2.75, 3.05) is 7.05 Å². The number of hydrogen-bond donors (Lipinski definition) is 3. The van der Waals surface area contributed by atoms with Gasteiger partial charge in [-0.05, 0) is 24.5 Å².